The second-order valence-corrected chi connectivity index (χ2v) is 5.82. The summed E-state index contributed by atoms with van der Waals surface area (Å²) in [5.41, 5.74) is 0. The summed E-state index contributed by atoms with van der Waals surface area (Å²) in [7, 11) is 0. The van der Waals surface area contributed by atoms with Crippen molar-refractivity contribution in [3.05, 3.63) is 0 Å². The van der Waals surface area contributed by atoms with Crippen molar-refractivity contribution >= 4 is 21.8 Å². The molecule has 1 saturated heterocycles. The van der Waals surface area contributed by atoms with E-state index in [1.165, 1.54) is 12.8 Å². The van der Waals surface area contributed by atoms with Crippen molar-refractivity contribution in [2.75, 3.05) is 11.9 Å². The minimum Gasteiger partial charge on any atom is -0.377 e. The van der Waals surface area contributed by atoms with E-state index < -0.39 is 0 Å². The lowest BCUT2D eigenvalue weighted by Gasteiger charge is -2.23. The largest absolute Gasteiger partial charge is 0.377 e. The molecule has 0 spiro atoms. The van der Waals surface area contributed by atoms with E-state index in [0.29, 0.717) is 12.0 Å². The Morgan fingerprint density at radius 3 is 2.94 bits per heavy atom. The smallest absolute Gasteiger partial charge is 0.226 e. The molecule has 0 aromatic rings. The van der Waals surface area contributed by atoms with Crippen molar-refractivity contribution in [2.24, 2.45) is 11.8 Å². The quantitative estimate of drug-likeness (QED) is 0.810. The van der Waals surface area contributed by atoms with Crippen LogP contribution in [-0.2, 0) is 9.53 Å². The van der Waals surface area contributed by atoms with Gasteiger partial charge in [-0.3, -0.25) is 4.79 Å². The molecule has 1 aliphatic carbocycles. The monoisotopic (exact) mass is 303 g/mol. The molecule has 0 bridgehead atoms. The molecule has 0 aromatic carbocycles. The summed E-state index contributed by atoms with van der Waals surface area (Å²) in [4.78, 5) is 12.2. The Balaban J connectivity index is 1.88. The van der Waals surface area contributed by atoms with Crippen LogP contribution < -0.4 is 5.32 Å². The lowest BCUT2D eigenvalue weighted by atomic mass is 9.97. The predicted octanol–water partition coefficient (Wildman–Crippen LogP) is 2.48. The summed E-state index contributed by atoms with van der Waals surface area (Å²) >= 11 is 3.54. The molecule has 0 aromatic heterocycles. The van der Waals surface area contributed by atoms with Crippen molar-refractivity contribution in [3.8, 4) is 0 Å². The topological polar surface area (TPSA) is 38.3 Å². The number of nitrogens with one attached hydrogen (secondary N) is 1. The molecule has 4 atom stereocenters. The van der Waals surface area contributed by atoms with Gasteiger partial charge in [-0.1, -0.05) is 29.3 Å². The van der Waals surface area contributed by atoms with Gasteiger partial charge in [0.2, 0.25) is 5.91 Å². The molecule has 3 nitrogen and oxygen atoms in total. The highest BCUT2D eigenvalue weighted by atomic mass is 79.9. The third-order valence-electron chi connectivity index (χ3n) is 4.13. The van der Waals surface area contributed by atoms with Gasteiger partial charge in [-0.05, 0) is 31.6 Å². The second kappa shape index (κ2) is 6.19. The number of rotatable bonds is 4. The first-order valence-electron chi connectivity index (χ1n) is 6.74. The zero-order valence-corrected chi connectivity index (χ0v) is 12.0. The zero-order chi connectivity index (χ0) is 12.3. The van der Waals surface area contributed by atoms with Gasteiger partial charge in [0.1, 0.15) is 0 Å². The molecule has 17 heavy (non-hydrogen) atoms. The molecular weight excluding hydrogens is 282 g/mol. The van der Waals surface area contributed by atoms with Crippen LogP contribution in [0.2, 0.25) is 0 Å². The van der Waals surface area contributed by atoms with E-state index in [1.54, 1.807) is 0 Å². The van der Waals surface area contributed by atoms with Crippen LogP contribution in [0.25, 0.3) is 0 Å². The number of carbonyl (C=O) groups excluding carboxylic acids is 1. The summed E-state index contributed by atoms with van der Waals surface area (Å²) in [6.45, 7) is 2.83. The fourth-order valence-electron chi connectivity index (χ4n) is 3.05. The van der Waals surface area contributed by atoms with Crippen molar-refractivity contribution < 1.29 is 9.53 Å². The molecule has 2 rings (SSSR count). The number of alkyl halides is 1. The number of ether oxygens (including phenoxy) is 1. The van der Waals surface area contributed by atoms with Crippen LogP contribution in [0.4, 0.5) is 0 Å². The van der Waals surface area contributed by atoms with Crippen molar-refractivity contribution in [3.63, 3.8) is 0 Å². The molecule has 1 saturated carbocycles. The lowest BCUT2D eigenvalue weighted by Crippen LogP contribution is -2.43. The fraction of sp³-hybridized carbons (Fsp3) is 0.923. The highest BCUT2D eigenvalue weighted by Crippen LogP contribution is 2.29. The van der Waals surface area contributed by atoms with Crippen LogP contribution in [0.3, 0.4) is 0 Å². The molecule has 98 valence electrons. The summed E-state index contributed by atoms with van der Waals surface area (Å²) in [6.07, 6.45) is 5.56. The predicted molar refractivity (Wildman–Crippen MR) is 71.2 cm³/mol. The van der Waals surface area contributed by atoms with Gasteiger partial charge < -0.3 is 10.1 Å². The van der Waals surface area contributed by atoms with Gasteiger partial charge in [-0.2, -0.15) is 0 Å². The first-order valence-corrected chi connectivity index (χ1v) is 7.86. The van der Waals surface area contributed by atoms with E-state index in [4.69, 9.17) is 4.74 Å². The van der Waals surface area contributed by atoms with E-state index in [9.17, 15) is 4.79 Å². The Kier molecular flexibility index (Phi) is 4.86. The minimum atomic E-state index is 0.0802. The summed E-state index contributed by atoms with van der Waals surface area (Å²) in [5, 5.41) is 4.23. The Bertz CT molecular complexity index is 272. The van der Waals surface area contributed by atoms with Crippen LogP contribution in [-0.4, -0.2) is 30.0 Å². The highest BCUT2D eigenvalue weighted by Gasteiger charge is 2.35. The zero-order valence-electron chi connectivity index (χ0n) is 10.5. The van der Waals surface area contributed by atoms with Crippen LogP contribution in [0.1, 0.15) is 39.0 Å². The number of hydrogen-bond donors (Lipinski definition) is 1. The molecule has 0 radical (unpaired) electrons. The maximum absolute atomic E-state index is 12.2. The van der Waals surface area contributed by atoms with Gasteiger partial charge >= 0.3 is 0 Å². The molecule has 4 unspecified atom stereocenters. The van der Waals surface area contributed by atoms with Gasteiger partial charge in [0.05, 0.1) is 12.0 Å². The normalized spacial score (nSPS) is 37.3. The van der Waals surface area contributed by atoms with Gasteiger partial charge in [0.25, 0.3) is 0 Å². The number of halogens is 1. The van der Waals surface area contributed by atoms with Crippen LogP contribution in [0.5, 0.6) is 0 Å². The highest BCUT2D eigenvalue weighted by molar-refractivity contribution is 9.09. The molecule has 4 heteroatoms. The van der Waals surface area contributed by atoms with E-state index in [1.807, 2.05) is 0 Å². The van der Waals surface area contributed by atoms with Crippen LogP contribution in [0.15, 0.2) is 0 Å². The van der Waals surface area contributed by atoms with Gasteiger partial charge in [-0.25, -0.2) is 0 Å². The number of carbonyl (C=O) groups is 1. The van der Waals surface area contributed by atoms with Crippen molar-refractivity contribution in [1.82, 2.24) is 5.32 Å². The summed E-state index contributed by atoms with van der Waals surface area (Å²) in [6, 6.07) is 0.375. The standard InChI is InChI=1S/C13H22BrNO2/c1-2-12-10(6-7-17-12)13(16)15-11-5-3-4-9(11)8-14/h9-12H,2-8H2,1H3,(H,15,16). The van der Waals surface area contributed by atoms with E-state index >= 15 is 0 Å². The third kappa shape index (κ3) is 3.02. The Morgan fingerprint density at radius 2 is 2.24 bits per heavy atom. The van der Waals surface area contributed by atoms with Crippen molar-refractivity contribution in [1.29, 1.82) is 0 Å². The van der Waals surface area contributed by atoms with Gasteiger partial charge in [-0.15, -0.1) is 0 Å². The van der Waals surface area contributed by atoms with Crippen molar-refractivity contribution in [2.45, 2.75) is 51.2 Å². The van der Waals surface area contributed by atoms with Crippen LogP contribution >= 0.6 is 15.9 Å². The number of amides is 1. The Labute approximate surface area is 112 Å². The first-order chi connectivity index (χ1) is 8.26. The fourth-order valence-corrected chi connectivity index (χ4v) is 3.83. The van der Waals surface area contributed by atoms with Crippen LogP contribution in [0, 0.1) is 11.8 Å². The van der Waals surface area contributed by atoms with E-state index in [0.717, 1.165) is 31.2 Å². The summed E-state index contributed by atoms with van der Waals surface area (Å²) in [5.74, 6) is 0.908. The third-order valence-corrected chi connectivity index (χ3v) is 4.97. The lowest BCUT2D eigenvalue weighted by molar-refractivity contribution is -0.127. The summed E-state index contributed by atoms with van der Waals surface area (Å²) < 4.78 is 5.58. The molecule has 1 amide bonds. The van der Waals surface area contributed by atoms with Gasteiger partial charge in [0.15, 0.2) is 0 Å². The average molecular weight is 304 g/mol. The SMILES string of the molecule is CCC1OCCC1C(=O)NC1CCCC1CBr. The van der Waals surface area contributed by atoms with Gasteiger partial charge in [0, 0.05) is 18.0 Å². The Hall–Kier alpha value is -0.0900. The molecule has 1 N–H and O–H groups in total. The maximum atomic E-state index is 12.2. The van der Waals surface area contributed by atoms with E-state index in [-0.39, 0.29) is 17.9 Å². The molecule has 1 heterocycles. The average Bonchev–Trinajstić information content (AvgIpc) is 2.96. The number of hydrogen-bond acceptors (Lipinski definition) is 2. The second-order valence-electron chi connectivity index (χ2n) is 5.17. The molecule has 2 aliphatic rings. The first kappa shape index (κ1) is 13.3. The maximum Gasteiger partial charge on any atom is 0.226 e. The minimum absolute atomic E-state index is 0.0802. The molecule has 1 aliphatic heterocycles. The molecular formula is C13H22BrNO2. The molecule has 2 fully saturated rings. The Morgan fingerprint density at radius 1 is 1.41 bits per heavy atom. The van der Waals surface area contributed by atoms with E-state index in [2.05, 4.69) is 28.2 Å².